The highest BCUT2D eigenvalue weighted by Crippen LogP contribution is 2.16. The number of hydrogen-bond donors (Lipinski definition) is 2. The SMILES string of the molecule is CC[C@@H](CO)NS(=O)(=O)c1cc(F)ccc1F. The van der Waals surface area contributed by atoms with Gasteiger partial charge >= 0.3 is 0 Å². The van der Waals surface area contributed by atoms with E-state index in [1.54, 1.807) is 6.92 Å². The highest BCUT2D eigenvalue weighted by Gasteiger charge is 2.22. The van der Waals surface area contributed by atoms with E-state index in [0.29, 0.717) is 12.5 Å². The lowest BCUT2D eigenvalue weighted by molar-refractivity contribution is 0.253. The smallest absolute Gasteiger partial charge is 0.243 e. The first kappa shape index (κ1) is 14.0. The first-order valence-corrected chi connectivity index (χ1v) is 6.47. The molecule has 0 spiro atoms. The number of aliphatic hydroxyl groups excluding tert-OH is 1. The van der Waals surface area contributed by atoms with Crippen molar-refractivity contribution in [1.29, 1.82) is 0 Å². The number of rotatable bonds is 5. The van der Waals surface area contributed by atoms with Crippen molar-refractivity contribution in [3.63, 3.8) is 0 Å². The van der Waals surface area contributed by atoms with Crippen molar-refractivity contribution in [2.75, 3.05) is 6.61 Å². The van der Waals surface area contributed by atoms with Crippen LogP contribution in [0.5, 0.6) is 0 Å². The second-order valence-corrected chi connectivity index (χ2v) is 5.17. The summed E-state index contributed by atoms with van der Waals surface area (Å²) in [7, 11) is -4.16. The van der Waals surface area contributed by atoms with Gasteiger partial charge in [0.1, 0.15) is 16.5 Å². The van der Waals surface area contributed by atoms with Crippen LogP contribution in [0, 0.1) is 11.6 Å². The van der Waals surface area contributed by atoms with Crippen LogP contribution in [0.1, 0.15) is 13.3 Å². The first-order chi connectivity index (χ1) is 7.90. The molecule has 0 aromatic heterocycles. The van der Waals surface area contributed by atoms with E-state index >= 15 is 0 Å². The molecule has 4 nitrogen and oxygen atoms in total. The molecule has 0 aliphatic carbocycles. The summed E-state index contributed by atoms with van der Waals surface area (Å²) < 4.78 is 51.6. The van der Waals surface area contributed by atoms with E-state index in [0.717, 1.165) is 12.1 Å². The van der Waals surface area contributed by atoms with Gasteiger partial charge < -0.3 is 5.11 Å². The van der Waals surface area contributed by atoms with Crippen LogP contribution >= 0.6 is 0 Å². The molecule has 7 heteroatoms. The lowest BCUT2D eigenvalue weighted by Crippen LogP contribution is -2.37. The molecule has 0 aliphatic rings. The van der Waals surface area contributed by atoms with Gasteiger partial charge in [-0.1, -0.05) is 6.92 Å². The minimum absolute atomic E-state index is 0.340. The predicted octanol–water partition coefficient (Wildman–Crippen LogP) is 1.01. The quantitative estimate of drug-likeness (QED) is 0.835. The van der Waals surface area contributed by atoms with E-state index in [2.05, 4.69) is 4.72 Å². The van der Waals surface area contributed by atoms with Crippen molar-refractivity contribution < 1.29 is 22.3 Å². The molecule has 0 amide bonds. The monoisotopic (exact) mass is 265 g/mol. The van der Waals surface area contributed by atoms with Gasteiger partial charge in [-0.25, -0.2) is 21.9 Å². The maximum atomic E-state index is 13.3. The van der Waals surface area contributed by atoms with Crippen molar-refractivity contribution in [3.05, 3.63) is 29.8 Å². The summed E-state index contributed by atoms with van der Waals surface area (Å²) in [6.45, 7) is 1.25. The van der Waals surface area contributed by atoms with E-state index < -0.39 is 39.2 Å². The summed E-state index contributed by atoms with van der Waals surface area (Å²) >= 11 is 0. The summed E-state index contributed by atoms with van der Waals surface area (Å²) in [4.78, 5) is -0.760. The van der Waals surface area contributed by atoms with Crippen LogP contribution < -0.4 is 4.72 Å². The van der Waals surface area contributed by atoms with E-state index in [-0.39, 0.29) is 0 Å². The van der Waals surface area contributed by atoms with Gasteiger partial charge in [-0.3, -0.25) is 0 Å². The van der Waals surface area contributed by atoms with Gasteiger partial charge in [-0.05, 0) is 24.6 Å². The highest BCUT2D eigenvalue weighted by atomic mass is 32.2. The Bertz CT molecular complexity index is 486. The molecule has 0 saturated heterocycles. The van der Waals surface area contributed by atoms with E-state index in [4.69, 9.17) is 5.11 Å². The zero-order valence-corrected chi connectivity index (χ0v) is 9.97. The molecule has 0 fully saturated rings. The zero-order chi connectivity index (χ0) is 13.1. The summed E-state index contributed by atoms with van der Waals surface area (Å²) in [5, 5.41) is 8.87. The van der Waals surface area contributed by atoms with Gasteiger partial charge in [0.2, 0.25) is 10.0 Å². The fourth-order valence-corrected chi connectivity index (χ4v) is 2.62. The van der Waals surface area contributed by atoms with Crippen LogP contribution in [0.4, 0.5) is 8.78 Å². The lowest BCUT2D eigenvalue weighted by Gasteiger charge is -2.14. The Morgan fingerprint density at radius 3 is 2.59 bits per heavy atom. The molecule has 0 bridgehead atoms. The van der Waals surface area contributed by atoms with Crippen molar-refractivity contribution in [1.82, 2.24) is 4.72 Å². The van der Waals surface area contributed by atoms with Crippen molar-refractivity contribution in [2.45, 2.75) is 24.3 Å². The standard InChI is InChI=1S/C10H13F2NO3S/c1-2-8(6-14)13-17(15,16)10-5-7(11)3-4-9(10)12/h3-5,8,13-14H,2,6H2,1H3/t8-/m0/s1. The Morgan fingerprint density at radius 1 is 1.41 bits per heavy atom. The Morgan fingerprint density at radius 2 is 2.06 bits per heavy atom. The van der Waals surface area contributed by atoms with Gasteiger partial charge in [-0.2, -0.15) is 0 Å². The maximum Gasteiger partial charge on any atom is 0.243 e. The van der Waals surface area contributed by atoms with E-state index in [1.165, 1.54) is 0 Å². The summed E-state index contributed by atoms with van der Waals surface area (Å²) in [5.74, 6) is -1.88. The molecule has 0 radical (unpaired) electrons. The maximum absolute atomic E-state index is 13.3. The number of benzene rings is 1. The molecule has 2 N–H and O–H groups in total. The Labute approximate surface area is 98.3 Å². The molecule has 17 heavy (non-hydrogen) atoms. The third-order valence-corrected chi connectivity index (χ3v) is 3.75. The number of halogens is 2. The van der Waals surface area contributed by atoms with Crippen LogP contribution in [-0.2, 0) is 10.0 Å². The second kappa shape index (κ2) is 5.52. The third-order valence-electron chi connectivity index (χ3n) is 2.22. The molecule has 96 valence electrons. The van der Waals surface area contributed by atoms with Crippen molar-refractivity contribution in [2.24, 2.45) is 0 Å². The molecule has 1 aromatic rings. The molecule has 0 heterocycles. The molecule has 0 saturated carbocycles. The average Bonchev–Trinajstić information content (AvgIpc) is 2.29. The second-order valence-electron chi connectivity index (χ2n) is 3.48. The van der Waals surface area contributed by atoms with E-state index in [1.807, 2.05) is 0 Å². The van der Waals surface area contributed by atoms with Crippen LogP contribution in [-0.4, -0.2) is 26.2 Å². The van der Waals surface area contributed by atoms with Gasteiger partial charge in [-0.15, -0.1) is 0 Å². The van der Waals surface area contributed by atoms with Crippen LogP contribution in [0.2, 0.25) is 0 Å². The molecule has 1 atom stereocenters. The minimum atomic E-state index is -4.16. The minimum Gasteiger partial charge on any atom is -0.395 e. The summed E-state index contributed by atoms with van der Waals surface area (Å²) in [6, 6.07) is 1.45. The zero-order valence-electron chi connectivity index (χ0n) is 9.15. The molecule has 1 aromatic carbocycles. The normalized spacial score (nSPS) is 13.6. The molecule has 0 aliphatic heterocycles. The first-order valence-electron chi connectivity index (χ1n) is 4.99. The van der Waals surface area contributed by atoms with Crippen LogP contribution in [0.3, 0.4) is 0 Å². The molecule has 1 rings (SSSR count). The third kappa shape index (κ3) is 3.45. The van der Waals surface area contributed by atoms with Gasteiger partial charge in [0, 0.05) is 6.04 Å². The topological polar surface area (TPSA) is 66.4 Å². The van der Waals surface area contributed by atoms with Gasteiger partial charge in [0.25, 0.3) is 0 Å². The fourth-order valence-electron chi connectivity index (χ4n) is 1.22. The lowest BCUT2D eigenvalue weighted by atomic mass is 10.3. The van der Waals surface area contributed by atoms with Gasteiger partial charge in [0.15, 0.2) is 0 Å². The number of aliphatic hydroxyl groups is 1. The summed E-state index contributed by atoms with van der Waals surface area (Å²) in [5.41, 5.74) is 0. The van der Waals surface area contributed by atoms with Crippen LogP contribution in [0.25, 0.3) is 0 Å². The van der Waals surface area contributed by atoms with Gasteiger partial charge in [0.05, 0.1) is 6.61 Å². The molecule has 0 unspecified atom stereocenters. The molecular weight excluding hydrogens is 252 g/mol. The van der Waals surface area contributed by atoms with Crippen molar-refractivity contribution in [3.8, 4) is 0 Å². The predicted molar refractivity (Wildman–Crippen MR) is 57.8 cm³/mol. The van der Waals surface area contributed by atoms with Crippen LogP contribution in [0.15, 0.2) is 23.1 Å². The summed E-state index contributed by atoms with van der Waals surface area (Å²) in [6.07, 6.45) is 0.340. The number of hydrogen-bond acceptors (Lipinski definition) is 3. The Balaban J connectivity index is 3.09. The van der Waals surface area contributed by atoms with E-state index in [9.17, 15) is 17.2 Å². The number of nitrogens with one attached hydrogen (secondary N) is 1. The molecular formula is C10H13F2NO3S. The Kier molecular flexibility index (Phi) is 4.55. The average molecular weight is 265 g/mol. The number of sulfonamides is 1. The Hall–Kier alpha value is -1.05. The highest BCUT2D eigenvalue weighted by molar-refractivity contribution is 7.89. The largest absolute Gasteiger partial charge is 0.395 e. The van der Waals surface area contributed by atoms with Crippen molar-refractivity contribution >= 4 is 10.0 Å². The fraction of sp³-hybridized carbons (Fsp3) is 0.400.